The Morgan fingerprint density at radius 2 is 1.86 bits per heavy atom. The molecule has 0 unspecified atom stereocenters. The fraction of sp³-hybridized carbons (Fsp3) is 0.231. The van der Waals surface area contributed by atoms with Crippen molar-refractivity contribution in [2.75, 3.05) is 21.3 Å². The highest BCUT2D eigenvalue weighted by atomic mass is 35.5. The highest BCUT2D eigenvalue weighted by molar-refractivity contribution is 6.34. The first-order valence-corrected chi connectivity index (χ1v) is 6.10. The third-order valence-electron chi connectivity index (χ3n) is 2.76. The first-order valence-electron chi connectivity index (χ1n) is 5.72. The van der Waals surface area contributed by atoms with Gasteiger partial charge in [-0.15, -0.1) is 0 Å². The number of carboxylic acids is 1. The maximum atomic E-state index is 10.9. The Labute approximate surface area is 125 Å². The van der Waals surface area contributed by atoms with Gasteiger partial charge in [0.15, 0.2) is 23.0 Å². The van der Waals surface area contributed by atoms with Crippen molar-refractivity contribution in [1.82, 2.24) is 5.16 Å². The van der Waals surface area contributed by atoms with Crippen LogP contribution in [0.4, 0.5) is 0 Å². The Morgan fingerprint density at radius 3 is 2.33 bits per heavy atom. The Morgan fingerprint density at radius 1 is 1.19 bits per heavy atom. The van der Waals surface area contributed by atoms with Crippen molar-refractivity contribution in [3.8, 4) is 28.6 Å². The van der Waals surface area contributed by atoms with Gasteiger partial charge in [-0.25, -0.2) is 4.79 Å². The van der Waals surface area contributed by atoms with E-state index in [9.17, 15) is 4.79 Å². The predicted molar refractivity (Wildman–Crippen MR) is 73.6 cm³/mol. The monoisotopic (exact) mass is 313 g/mol. The van der Waals surface area contributed by atoms with Crippen molar-refractivity contribution in [2.24, 2.45) is 0 Å². The topological polar surface area (TPSA) is 91.0 Å². The average molecular weight is 314 g/mol. The molecule has 0 atom stereocenters. The average Bonchev–Trinajstić information content (AvgIpc) is 2.95. The van der Waals surface area contributed by atoms with Crippen LogP contribution in [0.25, 0.3) is 11.3 Å². The largest absolute Gasteiger partial charge is 0.493 e. The molecule has 1 heterocycles. The van der Waals surface area contributed by atoms with E-state index in [4.69, 9.17) is 35.4 Å². The molecular formula is C13H12ClNO6. The summed E-state index contributed by atoms with van der Waals surface area (Å²) in [6.07, 6.45) is 0. The van der Waals surface area contributed by atoms with E-state index in [2.05, 4.69) is 5.16 Å². The number of halogens is 1. The van der Waals surface area contributed by atoms with Crippen molar-refractivity contribution in [1.29, 1.82) is 0 Å². The zero-order valence-corrected chi connectivity index (χ0v) is 12.2. The zero-order valence-electron chi connectivity index (χ0n) is 11.5. The van der Waals surface area contributed by atoms with Crippen LogP contribution in [0, 0.1) is 0 Å². The Hall–Kier alpha value is -2.41. The fourth-order valence-electron chi connectivity index (χ4n) is 1.85. The van der Waals surface area contributed by atoms with E-state index in [-0.39, 0.29) is 22.2 Å². The number of hydrogen-bond acceptors (Lipinski definition) is 6. The lowest BCUT2D eigenvalue weighted by Gasteiger charge is -2.15. The zero-order chi connectivity index (χ0) is 15.6. The molecule has 0 saturated heterocycles. The van der Waals surface area contributed by atoms with Gasteiger partial charge in [0.25, 0.3) is 0 Å². The summed E-state index contributed by atoms with van der Waals surface area (Å²) in [6, 6.07) is 2.76. The molecule has 21 heavy (non-hydrogen) atoms. The van der Waals surface area contributed by atoms with Gasteiger partial charge >= 0.3 is 5.97 Å². The van der Waals surface area contributed by atoms with Gasteiger partial charge in [0.1, 0.15) is 0 Å². The molecule has 1 aromatic carbocycles. The van der Waals surface area contributed by atoms with Crippen LogP contribution in [0.5, 0.6) is 17.2 Å². The second-order valence-corrected chi connectivity index (χ2v) is 4.29. The minimum Gasteiger partial charge on any atom is -0.493 e. The molecular weight excluding hydrogens is 302 g/mol. The van der Waals surface area contributed by atoms with Crippen LogP contribution in [0.2, 0.25) is 5.02 Å². The summed E-state index contributed by atoms with van der Waals surface area (Å²) in [6.45, 7) is 0. The van der Waals surface area contributed by atoms with E-state index in [0.29, 0.717) is 17.1 Å². The highest BCUT2D eigenvalue weighted by Gasteiger charge is 2.24. The molecule has 0 bridgehead atoms. The smallest absolute Gasteiger partial charge is 0.358 e. The maximum absolute atomic E-state index is 10.9. The number of nitrogens with zero attached hydrogens (tertiary/aromatic N) is 1. The molecule has 1 aromatic heterocycles. The molecule has 0 spiro atoms. The van der Waals surface area contributed by atoms with E-state index in [1.54, 1.807) is 0 Å². The second-order valence-electron chi connectivity index (χ2n) is 3.88. The summed E-state index contributed by atoms with van der Waals surface area (Å²) in [7, 11) is 4.33. The lowest BCUT2D eigenvalue weighted by molar-refractivity contribution is 0.0686. The molecule has 1 N–H and O–H groups in total. The molecule has 0 saturated carbocycles. The summed E-state index contributed by atoms with van der Waals surface area (Å²) >= 11 is 6.19. The third-order valence-corrected chi connectivity index (χ3v) is 3.06. The Balaban J connectivity index is 2.69. The lowest BCUT2D eigenvalue weighted by Crippen LogP contribution is -1.97. The van der Waals surface area contributed by atoms with E-state index < -0.39 is 5.97 Å². The Bertz CT molecular complexity index is 682. The first-order chi connectivity index (χ1) is 10.0. The summed E-state index contributed by atoms with van der Waals surface area (Å²) in [5.74, 6) is -0.112. The molecule has 2 rings (SSSR count). The van der Waals surface area contributed by atoms with Gasteiger partial charge in [-0.2, -0.15) is 0 Å². The number of benzene rings is 1. The number of carboxylic acid groups (broad SMARTS) is 1. The van der Waals surface area contributed by atoms with E-state index in [1.165, 1.54) is 33.5 Å². The van der Waals surface area contributed by atoms with E-state index in [1.807, 2.05) is 0 Å². The molecule has 112 valence electrons. The van der Waals surface area contributed by atoms with Crippen LogP contribution in [-0.2, 0) is 0 Å². The van der Waals surface area contributed by atoms with Crippen LogP contribution in [0.1, 0.15) is 10.5 Å². The molecule has 0 amide bonds. The van der Waals surface area contributed by atoms with Gasteiger partial charge < -0.3 is 23.8 Å². The van der Waals surface area contributed by atoms with Gasteiger partial charge in [0.05, 0.1) is 31.9 Å². The van der Waals surface area contributed by atoms with E-state index in [0.717, 1.165) is 0 Å². The van der Waals surface area contributed by atoms with Crippen molar-refractivity contribution in [3.63, 3.8) is 0 Å². The number of aromatic carboxylic acids is 1. The number of ether oxygens (including phenoxy) is 3. The van der Waals surface area contributed by atoms with Crippen molar-refractivity contribution < 1.29 is 28.6 Å². The SMILES string of the molecule is COc1cc(Cl)c(-c2cc(C(=O)O)no2)c(OC)c1OC. The molecule has 0 aliphatic heterocycles. The predicted octanol–water partition coefficient (Wildman–Crippen LogP) is 2.72. The number of carbonyl (C=O) groups is 1. The van der Waals surface area contributed by atoms with Gasteiger partial charge in [0, 0.05) is 12.1 Å². The molecule has 0 radical (unpaired) electrons. The van der Waals surface area contributed by atoms with Crippen molar-refractivity contribution >= 4 is 17.6 Å². The normalized spacial score (nSPS) is 10.3. The maximum Gasteiger partial charge on any atom is 0.358 e. The molecule has 8 heteroatoms. The summed E-state index contributed by atoms with van der Waals surface area (Å²) in [5.41, 5.74) is 0.0923. The summed E-state index contributed by atoms with van der Waals surface area (Å²) in [5, 5.41) is 12.6. The molecule has 0 aliphatic carbocycles. The quantitative estimate of drug-likeness (QED) is 0.907. The minimum atomic E-state index is -1.21. The minimum absolute atomic E-state index is 0.148. The highest BCUT2D eigenvalue weighted by Crippen LogP contribution is 2.48. The van der Waals surface area contributed by atoms with Crippen LogP contribution in [0.15, 0.2) is 16.7 Å². The van der Waals surface area contributed by atoms with Crippen LogP contribution >= 0.6 is 11.6 Å². The Kier molecular flexibility index (Phi) is 4.23. The standard InChI is InChI=1S/C13H12ClNO6/c1-18-9-4-6(14)10(12(20-3)11(9)19-2)8-5-7(13(16)17)15-21-8/h4-5H,1-3H3,(H,16,17). The van der Waals surface area contributed by atoms with Gasteiger partial charge in [0.2, 0.25) is 5.75 Å². The molecule has 0 fully saturated rings. The first kappa shape index (κ1) is 15.0. The van der Waals surface area contributed by atoms with Crippen LogP contribution < -0.4 is 14.2 Å². The van der Waals surface area contributed by atoms with Crippen LogP contribution in [0.3, 0.4) is 0 Å². The van der Waals surface area contributed by atoms with Crippen molar-refractivity contribution in [2.45, 2.75) is 0 Å². The number of aromatic nitrogens is 1. The van der Waals surface area contributed by atoms with Gasteiger partial charge in [-0.3, -0.25) is 0 Å². The number of methoxy groups -OCH3 is 3. The summed E-state index contributed by atoms with van der Waals surface area (Å²) in [4.78, 5) is 10.9. The molecule has 7 nitrogen and oxygen atoms in total. The van der Waals surface area contributed by atoms with Gasteiger partial charge in [-0.05, 0) is 0 Å². The molecule has 0 aliphatic rings. The second kappa shape index (κ2) is 5.92. The third kappa shape index (κ3) is 2.59. The summed E-state index contributed by atoms with van der Waals surface area (Å²) < 4.78 is 20.7. The van der Waals surface area contributed by atoms with E-state index >= 15 is 0 Å². The fourth-order valence-corrected chi connectivity index (χ4v) is 2.13. The van der Waals surface area contributed by atoms with Crippen LogP contribution in [-0.4, -0.2) is 37.6 Å². The van der Waals surface area contributed by atoms with Gasteiger partial charge in [-0.1, -0.05) is 16.8 Å². The number of rotatable bonds is 5. The number of hydrogen-bond donors (Lipinski definition) is 1. The molecule has 2 aromatic rings. The lowest BCUT2D eigenvalue weighted by atomic mass is 10.1. The van der Waals surface area contributed by atoms with Crippen molar-refractivity contribution in [3.05, 3.63) is 22.8 Å².